The third-order valence-electron chi connectivity index (χ3n) is 2.65. The van der Waals surface area contributed by atoms with Crippen molar-refractivity contribution >= 4 is 34.8 Å². The Morgan fingerprint density at radius 2 is 2.15 bits per heavy atom. The zero-order valence-electron chi connectivity index (χ0n) is 10.8. The average molecular weight is 294 g/mol. The van der Waals surface area contributed by atoms with Gasteiger partial charge in [-0.15, -0.1) is 0 Å². The number of hydrogen-bond donors (Lipinski definition) is 3. The van der Waals surface area contributed by atoms with Gasteiger partial charge in [-0.3, -0.25) is 25.3 Å². The van der Waals surface area contributed by atoms with Crippen molar-refractivity contribution in [1.29, 1.82) is 0 Å². The van der Waals surface area contributed by atoms with Crippen LogP contribution in [0.5, 0.6) is 5.75 Å². The molecule has 7 nitrogen and oxygen atoms in total. The van der Waals surface area contributed by atoms with Crippen LogP contribution in [0, 0.1) is 0 Å². The molecule has 20 heavy (non-hydrogen) atoms. The first-order valence-electron chi connectivity index (χ1n) is 5.90. The molecule has 8 heteroatoms. The van der Waals surface area contributed by atoms with Gasteiger partial charge in [0.1, 0.15) is 12.3 Å². The predicted octanol–water partition coefficient (Wildman–Crippen LogP) is -0.463. The Morgan fingerprint density at radius 1 is 1.40 bits per heavy atom. The normalized spacial score (nSPS) is 13.1. The number of para-hydroxylation sites is 2. The molecule has 2 rings (SSSR count). The molecule has 0 saturated carbocycles. The molecule has 0 unspecified atom stereocenters. The summed E-state index contributed by atoms with van der Waals surface area (Å²) < 4.78 is 5.29. The number of hydrogen-bond acceptors (Lipinski definition) is 4. The van der Waals surface area contributed by atoms with Crippen LogP contribution < -0.4 is 25.8 Å². The Kier molecular flexibility index (Phi) is 4.36. The van der Waals surface area contributed by atoms with Crippen LogP contribution in [0.25, 0.3) is 0 Å². The summed E-state index contributed by atoms with van der Waals surface area (Å²) in [5, 5.41) is 2.94. The number of carbonyl (C=O) groups excluding carboxylic acids is 2. The minimum atomic E-state index is -0.382. The summed E-state index contributed by atoms with van der Waals surface area (Å²) in [6, 6.07) is 7.06. The topological polar surface area (TPSA) is 82.7 Å². The van der Waals surface area contributed by atoms with Crippen molar-refractivity contribution in [3.8, 4) is 5.75 Å². The number of amides is 2. The minimum Gasteiger partial charge on any atom is -0.482 e. The van der Waals surface area contributed by atoms with Gasteiger partial charge in [0.25, 0.3) is 11.8 Å². The van der Waals surface area contributed by atoms with Crippen molar-refractivity contribution in [3.63, 3.8) is 0 Å². The number of thiocarbonyl (C=S) groups is 1. The minimum absolute atomic E-state index is 0.0767. The molecule has 0 atom stereocenters. The summed E-state index contributed by atoms with van der Waals surface area (Å²) in [7, 11) is 1.63. The van der Waals surface area contributed by atoms with Crippen molar-refractivity contribution in [3.05, 3.63) is 24.3 Å². The first-order valence-corrected chi connectivity index (χ1v) is 6.31. The Balaban J connectivity index is 2.03. The van der Waals surface area contributed by atoms with E-state index in [9.17, 15) is 9.59 Å². The largest absolute Gasteiger partial charge is 0.482 e. The number of nitrogens with one attached hydrogen (secondary N) is 3. The standard InChI is InChI=1S/C12H14N4O3S/c1-13-12(20)15-14-10(17)6-16-8-4-2-3-5-9(8)19-7-11(16)18/h2-5H,6-7H2,1H3,(H,14,17)(H2,13,15,20). The maximum absolute atomic E-state index is 11.8. The molecule has 0 bridgehead atoms. The Labute approximate surface area is 121 Å². The quantitative estimate of drug-likeness (QED) is 0.506. The second-order valence-corrected chi connectivity index (χ2v) is 4.40. The zero-order valence-corrected chi connectivity index (χ0v) is 11.6. The van der Waals surface area contributed by atoms with E-state index >= 15 is 0 Å². The number of fused-ring (bicyclic) bond motifs is 1. The van der Waals surface area contributed by atoms with Gasteiger partial charge in [0.2, 0.25) is 0 Å². The van der Waals surface area contributed by atoms with Crippen LogP contribution in [-0.4, -0.2) is 37.1 Å². The van der Waals surface area contributed by atoms with Crippen LogP contribution in [0.1, 0.15) is 0 Å². The highest BCUT2D eigenvalue weighted by atomic mass is 32.1. The van der Waals surface area contributed by atoms with Gasteiger partial charge in [-0.25, -0.2) is 0 Å². The van der Waals surface area contributed by atoms with Crippen molar-refractivity contribution in [2.75, 3.05) is 25.1 Å². The van der Waals surface area contributed by atoms with Gasteiger partial charge < -0.3 is 10.1 Å². The fraction of sp³-hybridized carbons (Fsp3) is 0.250. The van der Waals surface area contributed by atoms with Crippen LogP contribution in [0.2, 0.25) is 0 Å². The molecule has 1 heterocycles. The van der Waals surface area contributed by atoms with Crippen LogP contribution in [0.3, 0.4) is 0 Å². The maximum Gasteiger partial charge on any atom is 0.265 e. The van der Waals surface area contributed by atoms with Gasteiger partial charge >= 0.3 is 0 Å². The van der Waals surface area contributed by atoms with Gasteiger partial charge in [-0.05, 0) is 24.4 Å². The molecule has 1 aromatic rings. The molecule has 0 saturated heterocycles. The number of anilines is 1. The molecule has 3 N–H and O–H groups in total. The second kappa shape index (κ2) is 6.20. The zero-order chi connectivity index (χ0) is 14.5. The van der Waals surface area contributed by atoms with Crippen LogP contribution >= 0.6 is 12.2 Å². The lowest BCUT2D eigenvalue weighted by molar-refractivity contribution is -0.125. The Hall–Kier alpha value is -2.35. The molecule has 0 aliphatic carbocycles. The van der Waals surface area contributed by atoms with Crippen molar-refractivity contribution in [2.45, 2.75) is 0 Å². The molecular formula is C12H14N4O3S. The van der Waals surface area contributed by atoms with E-state index in [0.29, 0.717) is 11.4 Å². The molecule has 0 spiro atoms. The highest BCUT2D eigenvalue weighted by Crippen LogP contribution is 2.30. The number of rotatable bonds is 2. The molecule has 1 aliphatic heterocycles. The van der Waals surface area contributed by atoms with Crippen LogP contribution in [0.15, 0.2) is 24.3 Å². The van der Waals surface area contributed by atoms with Gasteiger partial charge in [0.05, 0.1) is 5.69 Å². The summed E-state index contributed by atoms with van der Waals surface area (Å²) in [4.78, 5) is 25.0. The van der Waals surface area contributed by atoms with E-state index in [2.05, 4.69) is 16.2 Å². The molecule has 2 amide bonds. The van der Waals surface area contributed by atoms with Gasteiger partial charge in [0.15, 0.2) is 11.7 Å². The Bertz CT molecular complexity index is 549. The smallest absolute Gasteiger partial charge is 0.265 e. The average Bonchev–Trinajstić information content (AvgIpc) is 2.47. The highest BCUT2D eigenvalue weighted by molar-refractivity contribution is 7.80. The first-order chi connectivity index (χ1) is 9.61. The summed E-state index contributed by atoms with van der Waals surface area (Å²) in [5.74, 6) is -0.0682. The van der Waals surface area contributed by atoms with E-state index in [4.69, 9.17) is 17.0 Å². The van der Waals surface area contributed by atoms with Crippen LogP contribution in [0.4, 0.5) is 5.69 Å². The van der Waals surface area contributed by atoms with E-state index in [-0.39, 0.29) is 30.1 Å². The lowest BCUT2D eigenvalue weighted by atomic mass is 10.2. The fourth-order valence-corrected chi connectivity index (χ4v) is 1.75. The summed E-state index contributed by atoms with van der Waals surface area (Å²) in [6.45, 7) is -0.189. The van der Waals surface area contributed by atoms with E-state index in [1.807, 2.05) is 0 Å². The third kappa shape index (κ3) is 3.15. The molecule has 0 radical (unpaired) electrons. The number of ether oxygens (including phenoxy) is 1. The maximum atomic E-state index is 11.8. The third-order valence-corrected chi connectivity index (χ3v) is 2.96. The first kappa shape index (κ1) is 14.1. The van der Waals surface area contributed by atoms with Crippen molar-refractivity contribution in [1.82, 2.24) is 16.2 Å². The SMILES string of the molecule is CNC(=S)NNC(=O)CN1C(=O)COc2ccccc21. The van der Waals surface area contributed by atoms with Crippen molar-refractivity contribution < 1.29 is 14.3 Å². The van der Waals surface area contributed by atoms with E-state index < -0.39 is 0 Å². The van der Waals surface area contributed by atoms with Gasteiger partial charge in [-0.1, -0.05) is 12.1 Å². The Morgan fingerprint density at radius 3 is 2.90 bits per heavy atom. The fourth-order valence-electron chi connectivity index (χ4n) is 1.70. The molecule has 0 fully saturated rings. The number of carbonyl (C=O) groups is 2. The summed E-state index contributed by atoms with van der Waals surface area (Å²) in [5.41, 5.74) is 5.50. The molecule has 1 aliphatic rings. The summed E-state index contributed by atoms with van der Waals surface area (Å²) >= 11 is 4.83. The lowest BCUT2D eigenvalue weighted by Gasteiger charge is -2.28. The summed E-state index contributed by atoms with van der Waals surface area (Å²) in [6.07, 6.45) is 0. The molecule has 1 aromatic carbocycles. The van der Waals surface area contributed by atoms with Crippen molar-refractivity contribution in [2.24, 2.45) is 0 Å². The van der Waals surface area contributed by atoms with E-state index in [0.717, 1.165) is 0 Å². The molecule has 106 valence electrons. The molecular weight excluding hydrogens is 280 g/mol. The lowest BCUT2D eigenvalue weighted by Crippen LogP contribution is -2.51. The van der Waals surface area contributed by atoms with Gasteiger partial charge in [0, 0.05) is 7.05 Å². The number of benzene rings is 1. The van der Waals surface area contributed by atoms with Crippen LogP contribution in [-0.2, 0) is 9.59 Å². The monoisotopic (exact) mass is 294 g/mol. The molecule has 0 aromatic heterocycles. The number of hydrazine groups is 1. The van der Waals surface area contributed by atoms with Gasteiger partial charge in [-0.2, -0.15) is 0 Å². The predicted molar refractivity (Wildman–Crippen MR) is 77.2 cm³/mol. The number of nitrogens with zero attached hydrogens (tertiary/aromatic N) is 1. The second-order valence-electron chi connectivity index (χ2n) is 3.99. The highest BCUT2D eigenvalue weighted by Gasteiger charge is 2.26. The van der Waals surface area contributed by atoms with E-state index in [1.54, 1.807) is 31.3 Å². The van der Waals surface area contributed by atoms with E-state index in [1.165, 1.54) is 4.90 Å².